The Bertz CT molecular complexity index is 582. The smallest absolute Gasteiger partial charge is 0.311 e. The van der Waals surface area contributed by atoms with Gasteiger partial charge in [-0.2, -0.15) is 0 Å². The summed E-state index contributed by atoms with van der Waals surface area (Å²) in [7, 11) is 1.38. The van der Waals surface area contributed by atoms with Crippen LogP contribution >= 0.6 is 0 Å². The van der Waals surface area contributed by atoms with E-state index in [0.29, 0.717) is 11.3 Å². The van der Waals surface area contributed by atoms with E-state index in [2.05, 4.69) is 0 Å². The minimum Gasteiger partial charge on any atom is -0.490 e. The lowest BCUT2D eigenvalue weighted by Crippen LogP contribution is -1.98. The molecule has 5 heteroatoms. The molecule has 0 aromatic heterocycles. The second-order valence-corrected chi connectivity index (χ2v) is 3.73. The van der Waals surface area contributed by atoms with Crippen LogP contribution in [0.15, 0.2) is 42.5 Å². The van der Waals surface area contributed by atoms with Gasteiger partial charge in [0.1, 0.15) is 0 Å². The molecule has 0 radical (unpaired) electrons. The van der Waals surface area contributed by atoms with Crippen LogP contribution in [0.25, 0.3) is 11.1 Å². The predicted molar refractivity (Wildman–Crippen MR) is 69.5 cm³/mol. The molecule has 0 atom stereocenters. The van der Waals surface area contributed by atoms with Gasteiger partial charge in [0.15, 0.2) is 5.75 Å². The molecule has 92 valence electrons. The largest absolute Gasteiger partial charge is 0.490 e. The van der Waals surface area contributed by atoms with Crippen LogP contribution < -0.4 is 10.5 Å². The van der Waals surface area contributed by atoms with Crippen molar-refractivity contribution in [1.82, 2.24) is 0 Å². The Balaban J connectivity index is 2.63. The summed E-state index contributed by atoms with van der Waals surface area (Å²) in [4.78, 5) is 10.5. The van der Waals surface area contributed by atoms with Gasteiger partial charge in [-0.3, -0.25) is 10.1 Å². The number of nitro benzene ring substituents is 1. The first-order valence-corrected chi connectivity index (χ1v) is 5.31. The van der Waals surface area contributed by atoms with Crippen LogP contribution in [-0.4, -0.2) is 12.0 Å². The number of rotatable bonds is 3. The van der Waals surface area contributed by atoms with Crippen molar-refractivity contribution in [3.8, 4) is 16.9 Å². The maximum absolute atomic E-state index is 11.0. The minimum absolute atomic E-state index is 0.0921. The lowest BCUT2D eigenvalue weighted by atomic mass is 10.0. The topological polar surface area (TPSA) is 78.4 Å². The Hall–Kier alpha value is -2.56. The number of hydrogen-bond acceptors (Lipinski definition) is 4. The van der Waals surface area contributed by atoms with Crippen molar-refractivity contribution < 1.29 is 9.66 Å². The van der Waals surface area contributed by atoms with E-state index in [1.54, 1.807) is 0 Å². The van der Waals surface area contributed by atoms with Crippen molar-refractivity contribution in [3.05, 3.63) is 52.6 Å². The van der Waals surface area contributed by atoms with Crippen LogP contribution in [0.4, 0.5) is 11.4 Å². The van der Waals surface area contributed by atoms with Crippen LogP contribution in [-0.2, 0) is 0 Å². The molecule has 2 N–H and O–H groups in total. The third kappa shape index (κ3) is 2.10. The fourth-order valence-corrected chi connectivity index (χ4v) is 1.76. The second-order valence-electron chi connectivity index (χ2n) is 3.73. The number of ether oxygens (including phenoxy) is 1. The van der Waals surface area contributed by atoms with E-state index >= 15 is 0 Å². The van der Waals surface area contributed by atoms with Gasteiger partial charge in [-0.15, -0.1) is 0 Å². The van der Waals surface area contributed by atoms with Gasteiger partial charge in [-0.25, -0.2) is 0 Å². The summed E-state index contributed by atoms with van der Waals surface area (Å²) in [5.74, 6) is 0.164. The molecule has 0 aliphatic carbocycles. The van der Waals surface area contributed by atoms with Gasteiger partial charge in [0.25, 0.3) is 0 Å². The van der Waals surface area contributed by atoms with Gasteiger partial charge in [-0.1, -0.05) is 30.3 Å². The lowest BCUT2D eigenvalue weighted by molar-refractivity contribution is -0.385. The zero-order valence-corrected chi connectivity index (χ0v) is 9.79. The monoisotopic (exact) mass is 244 g/mol. The number of nitrogens with zero attached hydrogens (tertiary/aromatic N) is 1. The number of hydrogen-bond donors (Lipinski definition) is 1. The van der Waals surface area contributed by atoms with Crippen LogP contribution in [0.5, 0.6) is 5.75 Å². The molecular weight excluding hydrogens is 232 g/mol. The van der Waals surface area contributed by atoms with Crippen LogP contribution in [0.1, 0.15) is 0 Å². The summed E-state index contributed by atoms with van der Waals surface area (Å²) in [6, 6.07) is 12.2. The number of benzene rings is 2. The summed E-state index contributed by atoms with van der Waals surface area (Å²) in [5, 5.41) is 11.0. The van der Waals surface area contributed by atoms with Gasteiger partial charge in [0.2, 0.25) is 0 Å². The van der Waals surface area contributed by atoms with Gasteiger partial charge in [0.05, 0.1) is 12.0 Å². The maximum Gasteiger partial charge on any atom is 0.311 e. The number of nitrogen functional groups attached to an aromatic ring is 1. The Morgan fingerprint density at radius 3 is 2.44 bits per heavy atom. The molecule has 0 saturated heterocycles. The molecule has 0 spiro atoms. The molecule has 0 fully saturated rings. The Morgan fingerprint density at radius 2 is 1.89 bits per heavy atom. The molecule has 0 saturated carbocycles. The highest BCUT2D eigenvalue weighted by Crippen LogP contribution is 2.36. The van der Waals surface area contributed by atoms with E-state index in [4.69, 9.17) is 10.5 Å². The van der Waals surface area contributed by atoms with E-state index in [0.717, 1.165) is 5.56 Å². The average Bonchev–Trinajstić information content (AvgIpc) is 2.39. The van der Waals surface area contributed by atoms with Crippen LogP contribution in [0, 0.1) is 10.1 Å². The molecule has 0 aliphatic heterocycles. The molecule has 2 aromatic carbocycles. The second kappa shape index (κ2) is 4.75. The molecule has 0 unspecified atom stereocenters. The third-order valence-corrected chi connectivity index (χ3v) is 2.63. The minimum atomic E-state index is -0.481. The number of methoxy groups -OCH3 is 1. The molecule has 2 aromatic rings. The molecule has 0 heterocycles. The fraction of sp³-hybridized carbons (Fsp3) is 0.0769. The van der Waals surface area contributed by atoms with E-state index in [-0.39, 0.29) is 11.4 Å². The SMILES string of the molecule is COc1cc(N)c(-c2ccccc2)cc1[N+](=O)[O-]. The van der Waals surface area contributed by atoms with E-state index in [1.165, 1.54) is 19.2 Å². The first kappa shape index (κ1) is 11.9. The number of anilines is 1. The summed E-state index contributed by atoms with van der Waals surface area (Å²) in [6.45, 7) is 0. The van der Waals surface area contributed by atoms with Gasteiger partial charge in [-0.05, 0) is 5.56 Å². The molecule has 0 bridgehead atoms. The van der Waals surface area contributed by atoms with Crippen molar-refractivity contribution in [1.29, 1.82) is 0 Å². The molecule has 18 heavy (non-hydrogen) atoms. The Morgan fingerprint density at radius 1 is 1.22 bits per heavy atom. The first-order valence-electron chi connectivity index (χ1n) is 5.31. The van der Waals surface area contributed by atoms with Crippen molar-refractivity contribution >= 4 is 11.4 Å². The van der Waals surface area contributed by atoms with E-state index in [9.17, 15) is 10.1 Å². The normalized spacial score (nSPS) is 10.1. The zero-order chi connectivity index (χ0) is 13.1. The third-order valence-electron chi connectivity index (χ3n) is 2.63. The van der Waals surface area contributed by atoms with Crippen molar-refractivity contribution in [3.63, 3.8) is 0 Å². The lowest BCUT2D eigenvalue weighted by Gasteiger charge is -2.08. The standard InChI is InChI=1S/C13H12N2O3/c1-18-13-8-11(14)10(7-12(13)15(16)17)9-5-3-2-4-6-9/h2-8H,14H2,1H3. The molecule has 0 amide bonds. The molecule has 0 aliphatic rings. The van der Waals surface area contributed by atoms with Crippen molar-refractivity contribution in [2.75, 3.05) is 12.8 Å². The predicted octanol–water partition coefficient (Wildman–Crippen LogP) is 2.85. The summed E-state index contributed by atoms with van der Waals surface area (Å²) in [6.07, 6.45) is 0. The van der Waals surface area contributed by atoms with Gasteiger partial charge in [0, 0.05) is 23.4 Å². The number of nitrogens with two attached hydrogens (primary N) is 1. The van der Waals surface area contributed by atoms with E-state index < -0.39 is 4.92 Å². The average molecular weight is 244 g/mol. The van der Waals surface area contributed by atoms with Gasteiger partial charge >= 0.3 is 5.69 Å². The van der Waals surface area contributed by atoms with E-state index in [1.807, 2.05) is 30.3 Å². The quantitative estimate of drug-likeness (QED) is 0.511. The highest BCUT2D eigenvalue weighted by molar-refractivity contribution is 5.80. The first-order chi connectivity index (χ1) is 8.63. The molecule has 2 rings (SSSR count). The Kier molecular flexibility index (Phi) is 3.14. The van der Waals surface area contributed by atoms with Crippen LogP contribution in [0.3, 0.4) is 0 Å². The van der Waals surface area contributed by atoms with Crippen LogP contribution in [0.2, 0.25) is 0 Å². The fourth-order valence-electron chi connectivity index (χ4n) is 1.76. The highest BCUT2D eigenvalue weighted by atomic mass is 16.6. The van der Waals surface area contributed by atoms with Gasteiger partial charge < -0.3 is 10.5 Å². The highest BCUT2D eigenvalue weighted by Gasteiger charge is 2.18. The summed E-state index contributed by atoms with van der Waals surface area (Å²) in [5.41, 5.74) is 7.71. The Labute approximate surface area is 104 Å². The summed E-state index contributed by atoms with van der Waals surface area (Å²) < 4.78 is 4.96. The van der Waals surface area contributed by atoms with Crippen molar-refractivity contribution in [2.45, 2.75) is 0 Å². The molecule has 5 nitrogen and oxygen atoms in total. The maximum atomic E-state index is 11.0. The van der Waals surface area contributed by atoms with Crippen molar-refractivity contribution in [2.24, 2.45) is 0 Å². The zero-order valence-electron chi connectivity index (χ0n) is 9.79. The molecular formula is C13H12N2O3. The summed E-state index contributed by atoms with van der Waals surface area (Å²) >= 11 is 0. The number of nitro groups is 1.